The van der Waals surface area contributed by atoms with Crippen LogP contribution in [0.2, 0.25) is 0 Å². The number of nitrogens with one attached hydrogen (secondary N) is 1. The summed E-state index contributed by atoms with van der Waals surface area (Å²) in [6.45, 7) is 1.96. The fourth-order valence-corrected chi connectivity index (χ4v) is 4.27. The summed E-state index contributed by atoms with van der Waals surface area (Å²) in [5, 5.41) is 7.11. The predicted octanol–water partition coefficient (Wildman–Crippen LogP) is 2.57. The third kappa shape index (κ3) is 1.62. The minimum atomic E-state index is -0.101. The van der Waals surface area contributed by atoms with Crippen molar-refractivity contribution in [2.75, 3.05) is 18.4 Å². The molecule has 4 nitrogen and oxygen atoms in total. The van der Waals surface area contributed by atoms with Gasteiger partial charge in [-0.1, -0.05) is 29.8 Å². The third-order valence-corrected chi connectivity index (χ3v) is 5.08. The second kappa shape index (κ2) is 4.30. The van der Waals surface area contributed by atoms with Crippen molar-refractivity contribution in [1.82, 2.24) is 4.90 Å². The molecule has 0 radical (unpaired) electrons. The molecule has 4 heteroatoms. The Labute approximate surface area is 113 Å². The van der Waals surface area contributed by atoms with E-state index in [2.05, 4.69) is 39.7 Å². The molecule has 2 saturated heterocycles. The summed E-state index contributed by atoms with van der Waals surface area (Å²) in [4.78, 5) is 13.8. The lowest BCUT2D eigenvalue weighted by Crippen LogP contribution is -2.59. The van der Waals surface area contributed by atoms with Crippen molar-refractivity contribution in [2.24, 2.45) is 5.18 Å². The molecule has 1 aromatic rings. The molecule has 3 aliphatic rings. The Morgan fingerprint density at radius 3 is 3.05 bits per heavy atom. The molecule has 3 heterocycles. The lowest BCUT2D eigenvalue weighted by molar-refractivity contribution is 0.0774. The van der Waals surface area contributed by atoms with Gasteiger partial charge < -0.3 is 5.32 Å². The molecule has 0 saturated carbocycles. The van der Waals surface area contributed by atoms with Gasteiger partial charge in [0, 0.05) is 24.2 Å². The Hall–Kier alpha value is -1.42. The van der Waals surface area contributed by atoms with Crippen molar-refractivity contribution in [3.05, 3.63) is 34.7 Å². The number of hydrogen-bond donors (Lipinski definition) is 1. The molecule has 0 spiro atoms. The summed E-state index contributed by atoms with van der Waals surface area (Å²) < 4.78 is 0. The first-order chi connectivity index (χ1) is 9.38. The van der Waals surface area contributed by atoms with Gasteiger partial charge in [-0.15, -0.1) is 0 Å². The number of rotatable bonds is 1. The quantitative estimate of drug-likeness (QED) is 0.786. The van der Waals surface area contributed by atoms with Gasteiger partial charge in [0.05, 0.1) is 6.04 Å². The first-order valence-corrected chi connectivity index (χ1v) is 7.30. The summed E-state index contributed by atoms with van der Waals surface area (Å²) >= 11 is 0. The SMILES string of the molecule is O=NC1CN2CCCCC2[C@H]2Nc3ccccc3[C@H]12. The van der Waals surface area contributed by atoms with Gasteiger partial charge in [0.15, 0.2) is 0 Å². The van der Waals surface area contributed by atoms with Crippen LogP contribution < -0.4 is 5.32 Å². The number of piperidine rings is 2. The number of fused-ring (bicyclic) bond motifs is 5. The van der Waals surface area contributed by atoms with Crippen LogP contribution in [0.25, 0.3) is 0 Å². The minimum absolute atomic E-state index is 0.101. The number of benzene rings is 1. The number of para-hydroxylation sites is 1. The van der Waals surface area contributed by atoms with Gasteiger partial charge in [-0.05, 0) is 31.0 Å². The Morgan fingerprint density at radius 1 is 1.26 bits per heavy atom. The minimum Gasteiger partial charge on any atom is -0.380 e. The standard InChI is InChI=1S/C15H19N3O/c19-17-12-9-18-8-4-3-7-13(18)15-14(12)10-5-1-2-6-11(10)16-15/h1-2,5-6,12-16H,3-4,7-9H2/t12?,13?,14-,15-/m1/s1. The first kappa shape index (κ1) is 11.4. The average Bonchev–Trinajstić information content (AvgIpc) is 2.86. The van der Waals surface area contributed by atoms with Gasteiger partial charge in [-0.2, -0.15) is 4.91 Å². The number of nitrogens with zero attached hydrogens (tertiary/aromatic N) is 2. The van der Waals surface area contributed by atoms with Crippen molar-refractivity contribution >= 4 is 5.69 Å². The molecule has 100 valence electrons. The molecule has 19 heavy (non-hydrogen) atoms. The summed E-state index contributed by atoms with van der Waals surface area (Å²) in [6.07, 6.45) is 3.81. The zero-order chi connectivity index (χ0) is 12.8. The smallest absolute Gasteiger partial charge is 0.113 e. The molecule has 0 aromatic heterocycles. The topological polar surface area (TPSA) is 44.7 Å². The fraction of sp³-hybridized carbons (Fsp3) is 0.600. The molecule has 0 bridgehead atoms. The van der Waals surface area contributed by atoms with E-state index in [1.54, 1.807) is 0 Å². The molecule has 2 fully saturated rings. The van der Waals surface area contributed by atoms with Crippen LogP contribution >= 0.6 is 0 Å². The van der Waals surface area contributed by atoms with Gasteiger partial charge >= 0.3 is 0 Å². The second-order valence-electron chi connectivity index (χ2n) is 6.01. The molecule has 1 N–H and O–H groups in total. The lowest BCUT2D eigenvalue weighted by Gasteiger charge is -2.47. The van der Waals surface area contributed by atoms with Crippen LogP contribution in [0.4, 0.5) is 5.69 Å². The van der Waals surface area contributed by atoms with Gasteiger partial charge in [-0.3, -0.25) is 4.90 Å². The zero-order valence-corrected chi connectivity index (χ0v) is 11.0. The first-order valence-electron chi connectivity index (χ1n) is 7.30. The molecule has 2 unspecified atom stereocenters. The summed E-state index contributed by atoms with van der Waals surface area (Å²) in [6, 6.07) is 9.25. The summed E-state index contributed by atoms with van der Waals surface area (Å²) in [5.74, 6) is 0.271. The van der Waals surface area contributed by atoms with Crippen LogP contribution in [0.5, 0.6) is 0 Å². The fourth-order valence-electron chi connectivity index (χ4n) is 4.27. The van der Waals surface area contributed by atoms with Gasteiger partial charge in [0.1, 0.15) is 6.04 Å². The molecular formula is C15H19N3O. The highest BCUT2D eigenvalue weighted by Crippen LogP contribution is 2.45. The van der Waals surface area contributed by atoms with E-state index in [4.69, 9.17) is 0 Å². The van der Waals surface area contributed by atoms with Crippen molar-refractivity contribution < 1.29 is 0 Å². The van der Waals surface area contributed by atoms with Crippen molar-refractivity contribution in [3.63, 3.8) is 0 Å². The largest absolute Gasteiger partial charge is 0.380 e. The monoisotopic (exact) mass is 257 g/mol. The van der Waals surface area contributed by atoms with E-state index >= 15 is 0 Å². The zero-order valence-electron chi connectivity index (χ0n) is 11.0. The van der Waals surface area contributed by atoms with Crippen LogP contribution in [-0.2, 0) is 0 Å². The van der Waals surface area contributed by atoms with Crippen LogP contribution in [-0.4, -0.2) is 36.1 Å². The highest BCUT2D eigenvalue weighted by Gasteiger charge is 2.49. The van der Waals surface area contributed by atoms with E-state index in [9.17, 15) is 4.91 Å². The van der Waals surface area contributed by atoms with Gasteiger partial charge in [0.2, 0.25) is 0 Å². The van der Waals surface area contributed by atoms with Crippen LogP contribution in [0.15, 0.2) is 29.4 Å². The molecular weight excluding hydrogens is 238 g/mol. The summed E-state index contributed by atoms with van der Waals surface area (Å²) in [7, 11) is 0. The molecule has 4 atom stereocenters. The number of nitroso groups, excluding NO2 is 1. The van der Waals surface area contributed by atoms with Crippen LogP contribution in [0, 0.1) is 4.91 Å². The Morgan fingerprint density at radius 2 is 2.16 bits per heavy atom. The van der Waals surface area contributed by atoms with Gasteiger partial charge in [0.25, 0.3) is 0 Å². The Bertz CT molecular complexity index is 504. The maximum atomic E-state index is 11.3. The number of anilines is 1. The second-order valence-corrected chi connectivity index (χ2v) is 6.01. The third-order valence-electron chi connectivity index (χ3n) is 5.08. The average molecular weight is 257 g/mol. The highest BCUT2D eigenvalue weighted by atomic mass is 16.3. The Kier molecular flexibility index (Phi) is 2.58. The van der Waals surface area contributed by atoms with Gasteiger partial charge in [-0.25, -0.2) is 0 Å². The lowest BCUT2D eigenvalue weighted by atomic mass is 9.77. The molecule has 0 aliphatic carbocycles. The van der Waals surface area contributed by atoms with Crippen LogP contribution in [0.1, 0.15) is 30.7 Å². The van der Waals surface area contributed by atoms with E-state index < -0.39 is 0 Å². The summed E-state index contributed by atoms with van der Waals surface area (Å²) in [5.41, 5.74) is 2.50. The van der Waals surface area contributed by atoms with E-state index in [0.29, 0.717) is 12.1 Å². The maximum Gasteiger partial charge on any atom is 0.113 e. The molecule has 0 amide bonds. The molecule has 1 aromatic carbocycles. The predicted molar refractivity (Wildman–Crippen MR) is 75.4 cm³/mol. The molecule has 3 aliphatic heterocycles. The Balaban J connectivity index is 1.74. The number of hydrogen-bond acceptors (Lipinski definition) is 4. The van der Waals surface area contributed by atoms with Crippen molar-refractivity contribution in [1.29, 1.82) is 0 Å². The highest BCUT2D eigenvalue weighted by molar-refractivity contribution is 5.61. The normalized spacial score (nSPS) is 36.8. The van der Waals surface area contributed by atoms with E-state index in [1.165, 1.54) is 30.5 Å². The maximum absolute atomic E-state index is 11.3. The molecule has 4 rings (SSSR count). The van der Waals surface area contributed by atoms with E-state index in [1.807, 2.05) is 0 Å². The van der Waals surface area contributed by atoms with Crippen molar-refractivity contribution in [2.45, 2.75) is 43.3 Å². The van der Waals surface area contributed by atoms with Crippen LogP contribution in [0.3, 0.4) is 0 Å². The van der Waals surface area contributed by atoms with Crippen molar-refractivity contribution in [3.8, 4) is 0 Å². The van der Waals surface area contributed by atoms with E-state index in [0.717, 1.165) is 13.1 Å². The van der Waals surface area contributed by atoms with E-state index in [-0.39, 0.29) is 12.0 Å².